The highest BCUT2D eigenvalue weighted by atomic mass is 15.2. The monoisotopic (exact) mass is 244 g/mol. The Balaban J connectivity index is 1.83. The van der Waals surface area contributed by atoms with Crippen LogP contribution in [-0.2, 0) is 6.54 Å². The van der Waals surface area contributed by atoms with E-state index in [0.29, 0.717) is 6.04 Å². The molecule has 1 aliphatic heterocycles. The van der Waals surface area contributed by atoms with Crippen LogP contribution in [0.4, 0.5) is 0 Å². The van der Waals surface area contributed by atoms with Crippen molar-refractivity contribution in [3.8, 4) is 0 Å². The molecule has 4 nitrogen and oxygen atoms in total. The summed E-state index contributed by atoms with van der Waals surface area (Å²) in [6, 6.07) is 4.78. The third-order valence-corrected chi connectivity index (χ3v) is 3.57. The molecule has 3 heterocycles. The lowest BCUT2D eigenvalue weighted by Gasteiger charge is -2.31. The molecule has 1 N–H and O–H groups in total. The predicted octanol–water partition coefficient (Wildman–Crippen LogP) is 1.44. The molecule has 0 bridgehead atoms. The lowest BCUT2D eigenvalue weighted by Crippen LogP contribution is -2.48. The van der Waals surface area contributed by atoms with Crippen molar-refractivity contribution in [2.75, 3.05) is 19.6 Å². The van der Waals surface area contributed by atoms with Crippen LogP contribution in [-0.4, -0.2) is 40.0 Å². The second-order valence-electron chi connectivity index (χ2n) is 5.27. The van der Waals surface area contributed by atoms with E-state index in [4.69, 9.17) is 0 Å². The summed E-state index contributed by atoms with van der Waals surface area (Å²) in [7, 11) is 0. The molecule has 4 heteroatoms. The molecule has 96 valence electrons. The molecule has 1 aliphatic rings. The molecular weight excluding hydrogens is 224 g/mol. The largest absolute Gasteiger partial charge is 0.312 e. The van der Waals surface area contributed by atoms with Crippen LogP contribution in [0.25, 0.3) is 5.65 Å². The summed E-state index contributed by atoms with van der Waals surface area (Å²) in [5.74, 6) is 0. The average Bonchev–Trinajstić information content (AvgIpc) is 2.72. The quantitative estimate of drug-likeness (QED) is 0.867. The molecule has 0 spiro atoms. The van der Waals surface area contributed by atoms with Gasteiger partial charge in [-0.2, -0.15) is 0 Å². The van der Waals surface area contributed by atoms with E-state index in [0.717, 1.165) is 31.8 Å². The van der Waals surface area contributed by atoms with Crippen molar-refractivity contribution in [3.63, 3.8) is 0 Å². The number of aromatic nitrogens is 2. The smallest absolute Gasteiger partial charge is 0.136 e. The summed E-state index contributed by atoms with van der Waals surface area (Å²) in [4.78, 5) is 6.96. The van der Waals surface area contributed by atoms with E-state index in [-0.39, 0.29) is 0 Å². The van der Waals surface area contributed by atoms with Gasteiger partial charge in [0.05, 0.1) is 11.9 Å². The van der Waals surface area contributed by atoms with Crippen molar-refractivity contribution >= 4 is 5.65 Å². The zero-order valence-corrected chi connectivity index (χ0v) is 11.1. The van der Waals surface area contributed by atoms with Crippen LogP contribution >= 0.6 is 0 Å². The van der Waals surface area contributed by atoms with Crippen LogP contribution in [0.1, 0.15) is 18.2 Å². The number of imidazole rings is 1. The summed E-state index contributed by atoms with van der Waals surface area (Å²) < 4.78 is 2.21. The van der Waals surface area contributed by atoms with E-state index < -0.39 is 0 Å². The minimum Gasteiger partial charge on any atom is -0.312 e. The van der Waals surface area contributed by atoms with Gasteiger partial charge in [0.15, 0.2) is 0 Å². The first-order chi connectivity index (χ1) is 8.72. The van der Waals surface area contributed by atoms with E-state index >= 15 is 0 Å². The van der Waals surface area contributed by atoms with Gasteiger partial charge in [-0.25, -0.2) is 4.98 Å². The maximum atomic E-state index is 4.46. The first kappa shape index (κ1) is 11.7. The van der Waals surface area contributed by atoms with Gasteiger partial charge in [-0.1, -0.05) is 6.07 Å². The number of fused-ring (bicyclic) bond motifs is 1. The summed E-state index contributed by atoms with van der Waals surface area (Å²) >= 11 is 0. The maximum Gasteiger partial charge on any atom is 0.136 e. The summed E-state index contributed by atoms with van der Waals surface area (Å²) in [5.41, 5.74) is 3.59. The number of nitrogens with zero attached hydrogens (tertiary/aromatic N) is 3. The van der Waals surface area contributed by atoms with Crippen molar-refractivity contribution < 1.29 is 0 Å². The highest BCUT2D eigenvalue weighted by Crippen LogP contribution is 2.12. The summed E-state index contributed by atoms with van der Waals surface area (Å²) in [6.07, 6.45) is 4.17. The van der Waals surface area contributed by atoms with Gasteiger partial charge in [-0.15, -0.1) is 0 Å². The SMILES string of the molecule is Cc1ccc2ncc(CN3CCN[C@H](C)C3)n2c1. The minimum atomic E-state index is 0.583. The fourth-order valence-corrected chi connectivity index (χ4v) is 2.64. The molecule has 1 saturated heterocycles. The molecule has 18 heavy (non-hydrogen) atoms. The Morgan fingerprint density at radius 2 is 2.33 bits per heavy atom. The van der Waals surface area contributed by atoms with Gasteiger partial charge in [-0.05, 0) is 25.5 Å². The third kappa shape index (κ3) is 2.26. The van der Waals surface area contributed by atoms with Crippen molar-refractivity contribution in [1.29, 1.82) is 0 Å². The Hall–Kier alpha value is -1.39. The molecule has 0 aromatic carbocycles. The zero-order valence-electron chi connectivity index (χ0n) is 11.1. The number of pyridine rings is 1. The van der Waals surface area contributed by atoms with Gasteiger partial charge < -0.3 is 9.72 Å². The van der Waals surface area contributed by atoms with E-state index in [1.54, 1.807) is 0 Å². The van der Waals surface area contributed by atoms with E-state index in [1.165, 1.54) is 11.3 Å². The Kier molecular flexibility index (Phi) is 3.06. The molecule has 2 aromatic rings. The van der Waals surface area contributed by atoms with Crippen LogP contribution < -0.4 is 5.32 Å². The van der Waals surface area contributed by atoms with Crippen molar-refractivity contribution in [3.05, 3.63) is 35.8 Å². The summed E-state index contributed by atoms with van der Waals surface area (Å²) in [5, 5.41) is 3.47. The number of hydrogen-bond donors (Lipinski definition) is 1. The lowest BCUT2D eigenvalue weighted by atomic mass is 10.2. The van der Waals surface area contributed by atoms with Gasteiger partial charge in [0.1, 0.15) is 5.65 Å². The number of piperazine rings is 1. The number of hydrogen-bond acceptors (Lipinski definition) is 3. The normalized spacial score (nSPS) is 21.6. The van der Waals surface area contributed by atoms with Crippen LogP contribution in [0.3, 0.4) is 0 Å². The van der Waals surface area contributed by atoms with E-state index in [9.17, 15) is 0 Å². The minimum absolute atomic E-state index is 0.583. The van der Waals surface area contributed by atoms with Crippen molar-refractivity contribution in [2.45, 2.75) is 26.4 Å². The molecule has 0 radical (unpaired) electrons. The molecule has 0 aliphatic carbocycles. The Morgan fingerprint density at radius 1 is 1.44 bits per heavy atom. The molecule has 0 saturated carbocycles. The van der Waals surface area contributed by atoms with E-state index in [1.807, 2.05) is 6.20 Å². The number of nitrogens with one attached hydrogen (secondary N) is 1. The van der Waals surface area contributed by atoms with Crippen molar-refractivity contribution in [1.82, 2.24) is 19.6 Å². The molecule has 1 fully saturated rings. The van der Waals surface area contributed by atoms with Crippen molar-refractivity contribution in [2.24, 2.45) is 0 Å². The standard InChI is InChI=1S/C14H20N4/c1-11-3-4-14-16-7-13(18(14)8-11)10-17-6-5-15-12(2)9-17/h3-4,7-8,12,15H,5-6,9-10H2,1-2H3/t12-/m1/s1. The van der Waals surface area contributed by atoms with Crippen LogP contribution in [0, 0.1) is 6.92 Å². The highest BCUT2D eigenvalue weighted by Gasteiger charge is 2.16. The first-order valence-electron chi connectivity index (χ1n) is 6.61. The maximum absolute atomic E-state index is 4.46. The molecule has 1 atom stereocenters. The summed E-state index contributed by atoms with van der Waals surface area (Å²) in [6.45, 7) is 8.65. The van der Waals surface area contributed by atoms with Crippen LogP contribution in [0.2, 0.25) is 0 Å². The fraction of sp³-hybridized carbons (Fsp3) is 0.500. The van der Waals surface area contributed by atoms with Gasteiger partial charge in [0.2, 0.25) is 0 Å². The first-order valence-corrected chi connectivity index (χ1v) is 6.61. The molecule has 0 unspecified atom stereocenters. The van der Waals surface area contributed by atoms with Gasteiger partial charge in [-0.3, -0.25) is 4.90 Å². The molecule has 0 amide bonds. The van der Waals surface area contributed by atoms with Gasteiger partial charge in [0, 0.05) is 38.4 Å². The number of aryl methyl sites for hydroxylation is 1. The topological polar surface area (TPSA) is 32.6 Å². The second-order valence-corrected chi connectivity index (χ2v) is 5.27. The molecule has 2 aromatic heterocycles. The Bertz CT molecular complexity index is 546. The Labute approximate surface area is 108 Å². The Morgan fingerprint density at radius 3 is 3.17 bits per heavy atom. The predicted molar refractivity (Wildman–Crippen MR) is 72.7 cm³/mol. The average molecular weight is 244 g/mol. The molecular formula is C14H20N4. The lowest BCUT2D eigenvalue weighted by molar-refractivity contribution is 0.197. The fourth-order valence-electron chi connectivity index (χ4n) is 2.64. The van der Waals surface area contributed by atoms with Gasteiger partial charge in [0.25, 0.3) is 0 Å². The molecule has 3 rings (SSSR count). The van der Waals surface area contributed by atoms with Gasteiger partial charge >= 0.3 is 0 Å². The third-order valence-electron chi connectivity index (χ3n) is 3.57. The van der Waals surface area contributed by atoms with Crippen LogP contribution in [0.5, 0.6) is 0 Å². The second kappa shape index (κ2) is 4.71. The highest BCUT2D eigenvalue weighted by molar-refractivity contribution is 5.41. The van der Waals surface area contributed by atoms with Crippen LogP contribution in [0.15, 0.2) is 24.5 Å². The van der Waals surface area contributed by atoms with E-state index in [2.05, 4.69) is 51.8 Å². The number of rotatable bonds is 2. The zero-order chi connectivity index (χ0) is 12.5.